The van der Waals surface area contributed by atoms with Gasteiger partial charge in [0.15, 0.2) is 0 Å². The van der Waals surface area contributed by atoms with E-state index in [1.165, 1.54) is 22.3 Å². The fourth-order valence-electron chi connectivity index (χ4n) is 6.66. The summed E-state index contributed by atoms with van der Waals surface area (Å²) in [5, 5.41) is 7.87. The molecule has 2 unspecified atom stereocenters. The second kappa shape index (κ2) is 8.20. The van der Waals surface area contributed by atoms with Crippen LogP contribution < -0.4 is 10.6 Å². The Balaban J connectivity index is 1.42. The first-order valence-corrected chi connectivity index (χ1v) is 12.6. The summed E-state index contributed by atoms with van der Waals surface area (Å²) in [6.07, 6.45) is 0. The van der Waals surface area contributed by atoms with Crippen molar-refractivity contribution in [1.82, 2.24) is 10.6 Å². The van der Waals surface area contributed by atoms with E-state index >= 15 is 0 Å². The van der Waals surface area contributed by atoms with E-state index in [-0.39, 0.29) is 16.6 Å². The molecule has 0 heterocycles. The lowest BCUT2D eigenvalue weighted by atomic mass is 9.43. The molecule has 4 heteroatoms. The molecule has 1 fully saturated rings. The third-order valence-corrected chi connectivity index (χ3v) is 7.60. The lowest BCUT2D eigenvalue weighted by molar-refractivity contribution is -0.00420. The van der Waals surface area contributed by atoms with Crippen molar-refractivity contribution >= 4 is 0 Å². The molecule has 33 heavy (non-hydrogen) atoms. The van der Waals surface area contributed by atoms with Gasteiger partial charge in [0.2, 0.25) is 0 Å². The van der Waals surface area contributed by atoms with Gasteiger partial charge < -0.3 is 20.1 Å². The minimum absolute atomic E-state index is 0.112. The Kier molecular flexibility index (Phi) is 5.72. The van der Waals surface area contributed by atoms with Gasteiger partial charge in [-0.3, -0.25) is 0 Å². The lowest BCUT2D eigenvalue weighted by Crippen LogP contribution is -2.54. The molecular formula is C29H40N2O2. The van der Waals surface area contributed by atoms with E-state index in [9.17, 15) is 0 Å². The number of benzene rings is 2. The van der Waals surface area contributed by atoms with Crippen LogP contribution in [0.15, 0.2) is 48.5 Å². The van der Waals surface area contributed by atoms with E-state index in [0.717, 1.165) is 26.3 Å². The molecule has 1 spiro atoms. The van der Waals surface area contributed by atoms with Gasteiger partial charge in [-0.15, -0.1) is 0 Å². The highest BCUT2D eigenvalue weighted by Crippen LogP contribution is 2.75. The Hall–Kier alpha value is -1.72. The number of rotatable bonds is 8. The highest BCUT2D eigenvalue weighted by molar-refractivity contribution is 5.72. The molecule has 1 saturated carbocycles. The summed E-state index contributed by atoms with van der Waals surface area (Å²) in [5.74, 6) is 0.980. The van der Waals surface area contributed by atoms with Crippen molar-refractivity contribution < 1.29 is 9.47 Å². The van der Waals surface area contributed by atoms with Crippen LogP contribution >= 0.6 is 0 Å². The van der Waals surface area contributed by atoms with Gasteiger partial charge in [0.05, 0.1) is 24.4 Å². The minimum atomic E-state index is -0.112. The summed E-state index contributed by atoms with van der Waals surface area (Å²) < 4.78 is 12.1. The van der Waals surface area contributed by atoms with Gasteiger partial charge >= 0.3 is 0 Å². The molecule has 0 bridgehead atoms. The molecule has 2 aromatic rings. The maximum absolute atomic E-state index is 6.04. The van der Waals surface area contributed by atoms with Crippen molar-refractivity contribution in [1.29, 1.82) is 0 Å². The molecule has 178 valence electrons. The SMILES string of the molecule is CC(C)(C)OCCN[C@@H]1C2c3ccccc3C23c2ccccc2C3[C@H]1NCCOC(C)(C)C. The van der Waals surface area contributed by atoms with Crippen molar-refractivity contribution in [2.75, 3.05) is 26.3 Å². The predicted octanol–water partition coefficient (Wildman–Crippen LogP) is 4.73. The molecule has 4 atom stereocenters. The quantitative estimate of drug-likeness (QED) is 0.573. The molecule has 0 aromatic heterocycles. The third-order valence-electron chi connectivity index (χ3n) is 7.60. The van der Waals surface area contributed by atoms with Gasteiger partial charge in [0, 0.05) is 42.4 Å². The summed E-state index contributed by atoms with van der Waals surface area (Å²) in [6.45, 7) is 15.9. The molecule has 2 N–H and O–H groups in total. The summed E-state index contributed by atoms with van der Waals surface area (Å²) in [4.78, 5) is 0. The minimum Gasteiger partial charge on any atom is -0.375 e. The first-order chi connectivity index (χ1) is 15.6. The normalized spacial score (nSPS) is 29.4. The number of ether oxygens (including phenoxy) is 2. The van der Waals surface area contributed by atoms with E-state index in [4.69, 9.17) is 9.47 Å². The fraction of sp³-hybridized carbons (Fsp3) is 0.586. The molecule has 5 rings (SSSR count). The number of hydrogen-bond acceptors (Lipinski definition) is 4. The van der Waals surface area contributed by atoms with Crippen LogP contribution in [-0.2, 0) is 14.9 Å². The third kappa shape index (κ3) is 3.76. The second-order valence-corrected chi connectivity index (χ2v) is 11.9. The number of fused-ring (bicyclic) bond motifs is 4. The van der Waals surface area contributed by atoms with Gasteiger partial charge in [-0.1, -0.05) is 48.5 Å². The predicted molar refractivity (Wildman–Crippen MR) is 134 cm³/mol. The van der Waals surface area contributed by atoms with Crippen molar-refractivity contribution in [3.05, 3.63) is 70.8 Å². The Morgan fingerprint density at radius 2 is 1.06 bits per heavy atom. The molecule has 0 saturated heterocycles. The first kappa shape index (κ1) is 23.0. The Bertz CT molecular complexity index is 922. The van der Waals surface area contributed by atoms with Crippen molar-refractivity contribution in [3.63, 3.8) is 0 Å². The van der Waals surface area contributed by atoms with E-state index in [1.807, 2.05) is 0 Å². The zero-order valence-corrected chi connectivity index (χ0v) is 21.1. The van der Waals surface area contributed by atoms with Crippen LogP contribution in [0.3, 0.4) is 0 Å². The first-order valence-electron chi connectivity index (χ1n) is 12.6. The van der Waals surface area contributed by atoms with Gasteiger partial charge in [0.1, 0.15) is 0 Å². The molecule has 3 aliphatic rings. The number of nitrogens with one attached hydrogen (secondary N) is 2. The van der Waals surface area contributed by atoms with Gasteiger partial charge in [-0.25, -0.2) is 0 Å². The zero-order chi connectivity index (χ0) is 23.4. The monoisotopic (exact) mass is 448 g/mol. The summed E-state index contributed by atoms with van der Waals surface area (Å²) in [5.41, 5.74) is 6.01. The second-order valence-electron chi connectivity index (χ2n) is 11.9. The average Bonchev–Trinajstić information content (AvgIpc) is 2.92. The molecule has 0 radical (unpaired) electrons. The molecule has 3 aliphatic carbocycles. The maximum Gasteiger partial charge on any atom is 0.0599 e. The van der Waals surface area contributed by atoms with Crippen LogP contribution in [0.4, 0.5) is 0 Å². The molecule has 0 amide bonds. The van der Waals surface area contributed by atoms with E-state index < -0.39 is 0 Å². The smallest absolute Gasteiger partial charge is 0.0599 e. The van der Waals surface area contributed by atoms with Gasteiger partial charge in [-0.2, -0.15) is 0 Å². The molecule has 4 nitrogen and oxygen atoms in total. The largest absolute Gasteiger partial charge is 0.375 e. The van der Waals surface area contributed by atoms with Gasteiger partial charge in [0.25, 0.3) is 0 Å². The highest BCUT2D eigenvalue weighted by atomic mass is 16.5. The summed E-state index contributed by atoms with van der Waals surface area (Å²) in [7, 11) is 0. The van der Waals surface area contributed by atoms with Crippen LogP contribution in [0.25, 0.3) is 0 Å². The van der Waals surface area contributed by atoms with E-state index in [1.54, 1.807) is 0 Å². The van der Waals surface area contributed by atoms with Crippen molar-refractivity contribution in [2.45, 2.75) is 82.1 Å². The van der Waals surface area contributed by atoms with Gasteiger partial charge in [-0.05, 0) is 63.8 Å². The Morgan fingerprint density at radius 1 is 0.667 bits per heavy atom. The van der Waals surface area contributed by atoms with E-state index in [2.05, 4.69) is 101 Å². The fourth-order valence-corrected chi connectivity index (χ4v) is 6.66. The number of hydrogen-bond donors (Lipinski definition) is 2. The summed E-state index contributed by atoms with van der Waals surface area (Å²) >= 11 is 0. The average molecular weight is 449 g/mol. The van der Waals surface area contributed by atoms with Crippen LogP contribution in [0.5, 0.6) is 0 Å². The van der Waals surface area contributed by atoms with Crippen molar-refractivity contribution in [3.8, 4) is 0 Å². The molecule has 2 aromatic carbocycles. The van der Waals surface area contributed by atoms with E-state index in [0.29, 0.717) is 23.9 Å². The molecular weight excluding hydrogens is 408 g/mol. The standard InChI is InChI=1S/C29H40N2O2/c1-27(2,3)32-17-15-30-25-23-19-11-7-9-13-21(19)29(23)22-14-10-8-12-20(22)24(29)26(25)31-16-18-33-28(4,5)6/h7-14,23-26,30-31H,15-18H2,1-6H3/t23?,24?,25-,26-,29?/m1/s1. The summed E-state index contributed by atoms with van der Waals surface area (Å²) in [6, 6.07) is 18.9. The van der Waals surface area contributed by atoms with Crippen molar-refractivity contribution in [2.24, 2.45) is 0 Å². The van der Waals surface area contributed by atoms with Crippen LogP contribution in [0.2, 0.25) is 0 Å². The van der Waals surface area contributed by atoms with Crippen LogP contribution in [0, 0.1) is 0 Å². The Labute approximate surface area is 199 Å². The maximum atomic E-state index is 6.04. The van der Waals surface area contributed by atoms with Crippen LogP contribution in [-0.4, -0.2) is 49.6 Å². The zero-order valence-electron chi connectivity index (χ0n) is 21.1. The topological polar surface area (TPSA) is 42.5 Å². The van der Waals surface area contributed by atoms with Crippen LogP contribution in [0.1, 0.15) is 75.6 Å². The Morgan fingerprint density at radius 3 is 1.45 bits per heavy atom. The lowest BCUT2D eigenvalue weighted by Gasteiger charge is -2.59. The molecule has 0 aliphatic heterocycles. The highest BCUT2D eigenvalue weighted by Gasteiger charge is 2.73.